The summed E-state index contributed by atoms with van der Waals surface area (Å²) in [6.07, 6.45) is 0.456. The molecule has 0 fully saturated rings. The highest BCUT2D eigenvalue weighted by atomic mass is 35.5. The van der Waals surface area contributed by atoms with Crippen molar-refractivity contribution in [2.45, 2.75) is 18.6 Å². The van der Waals surface area contributed by atoms with Gasteiger partial charge in [0.1, 0.15) is 5.75 Å². The Bertz CT molecular complexity index is 1160. The SMILES string of the molecule is CS(=O)(=O)N1CC[C@@H](C(=O)NC(c2ccccc2)c2ccccc2)Oc2ccc(Cl)cc21. The first kappa shape index (κ1) is 22.2. The number of hydrogen-bond acceptors (Lipinski definition) is 4. The summed E-state index contributed by atoms with van der Waals surface area (Å²) in [6, 6.07) is 23.7. The van der Waals surface area contributed by atoms with Crippen molar-refractivity contribution >= 4 is 33.2 Å². The summed E-state index contributed by atoms with van der Waals surface area (Å²) in [7, 11) is -3.57. The highest BCUT2D eigenvalue weighted by Crippen LogP contribution is 2.36. The number of carbonyl (C=O) groups excluding carboxylic acids is 1. The van der Waals surface area contributed by atoms with Gasteiger partial charge in [-0.1, -0.05) is 72.3 Å². The lowest BCUT2D eigenvalue weighted by atomic mass is 9.98. The van der Waals surface area contributed by atoms with Gasteiger partial charge in [0.15, 0.2) is 6.10 Å². The van der Waals surface area contributed by atoms with Gasteiger partial charge in [-0.3, -0.25) is 9.10 Å². The molecule has 1 aliphatic rings. The normalized spacial score (nSPS) is 16.1. The molecule has 0 saturated heterocycles. The van der Waals surface area contributed by atoms with Crippen LogP contribution in [0.1, 0.15) is 23.6 Å². The number of benzene rings is 3. The van der Waals surface area contributed by atoms with Crippen LogP contribution >= 0.6 is 11.6 Å². The number of amides is 1. The maximum Gasteiger partial charge on any atom is 0.261 e. The number of fused-ring (bicyclic) bond motifs is 1. The Labute approximate surface area is 192 Å². The topological polar surface area (TPSA) is 75.7 Å². The summed E-state index contributed by atoms with van der Waals surface area (Å²) in [5.74, 6) is -0.0209. The molecule has 0 unspecified atom stereocenters. The Morgan fingerprint density at radius 3 is 2.19 bits per heavy atom. The van der Waals surface area contributed by atoms with Crippen molar-refractivity contribution in [2.24, 2.45) is 0 Å². The molecule has 0 radical (unpaired) electrons. The quantitative estimate of drug-likeness (QED) is 0.607. The van der Waals surface area contributed by atoms with Gasteiger partial charge in [-0.25, -0.2) is 8.42 Å². The maximum absolute atomic E-state index is 13.3. The van der Waals surface area contributed by atoms with Gasteiger partial charge in [0.25, 0.3) is 5.91 Å². The lowest BCUT2D eigenvalue weighted by molar-refractivity contribution is -0.128. The van der Waals surface area contributed by atoms with Crippen LogP contribution in [0.25, 0.3) is 0 Å². The second kappa shape index (κ2) is 9.22. The van der Waals surface area contributed by atoms with Crippen molar-refractivity contribution in [3.63, 3.8) is 0 Å². The van der Waals surface area contributed by atoms with Gasteiger partial charge >= 0.3 is 0 Å². The molecule has 166 valence electrons. The first-order chi connectivity index (χ1) is 15.3. The summed E-state index contributed by atoms with van der Waals surface area (Å²) in [6.45, 7) is 0.103. The third-order valence-electron chi connectivity index (χ3n) is 5.30. The average molecular weight is 471 g/mol. The molecule has 0 bridgehead atoms. The molecule has 3 aromatic carbocycles. The van der Waals surface area contributed by atoms with Crippen LogP contribution in [-0.4, -0.2) is 33.2 Å². The van der Waals surface area contributed by atoms with Gasteiger partial charge in [-0.05, 0) is 29.3 Å². The van der Waals surface area contributed by atoms with E-state index in [0.717, 1.165) is 17.4 Å². The van der Waals surface area contributed by atoms with E-state index in [1.165, 1.54) is 10.4 Å². The Kier molecular flexibility index (Phi) is 6.39. The molecule has 6 nitrogen and oxygen atoms in total. The minimum atomic E-state index is -3.57. The van der Waals surface area contributed by atoms with E-state index in [1.807, 2.05) is 60.7 Å². The number of sulfonamides is 1. The van der Waals surface area contributed by atoms with Gasteiger partial charge in [0, 0.05) is 18.0 Å². The van der Waals surface area contributed by atoms with Crippen molar-refractivity contribution in [3.05, 3.63) is 95.0 Å². The lowest BCUT2D eigenvalue weighted by Crippen LogP contribution is -2.41. The van der Waals surface area contributed by atoms with Crippen LogP contribution in [0, 0.1) is 0 Å². The summed E-state index contributed by atoms with van der Waals surface area (Å²) in [5, 5.41) is 3.47. The van der Waals surface area contributed by atoms with E-state index in [4.69, 9.17) is 16.3 Å². The minimum absolute atomic E-state index is 0.103. The second-order valence-electron chi connectivity index (χ2n) is 7.61. The molecule has 1 atom stereocenters. The largest absolute Gasteiger partial charge is 0.478 e. The zero-order valence-corrected chi connectivity index (χ0v) is 19.0. The molecule has 8 heteroatoms. The molecule has 1 N–H and O–H groups in total. The van der Waals surface area contributed by atoms with Crippen molar-refractivity contribution in [1.29, 1.82) is 0 Å². The molecule has 0 aromatic heterocycles. The predicted molar refractivity (Wildman–Crippen MR) is 126 cm³/mol. The number of nitrogens with zero attached hydrogens (tertiary/aromatic N) is 1. The summed E-state index contributed by atoms with van der Waals surface area (Å²) in [4.78, 5) is 13.3. The molecule has 0 aliphatic carbocycles. The van der Waals surface area contributed by atoms with E-state index < -0.39 is 16.1 Å². The lowest BCUT2D eigenvalue weighted by Gasteiger charge is -2.23. The molecular weight excluding hydrogens is 448 g/mol. The van der Waals surface area contributed by atoms with Crippen molar-refractivity contribution in [1.82, 2.24) is 5.32 Å². The van der Waals surface area contributed by atoms with E-state index in [1.54, 1.807) is 12.1 Å². The number of nitrogens with one attached hydrogen (secondary N) is 1. The number of ether oxygens (including phenoxy) is 1. The minimum Gasteiger partial charge on any atom is -0.478 e. The van der Waals surface area contributed by atoms with E-state index in [0.29, 0.717) is 16.5 Å². The van der Waals surface area contributed by atoms with Crippen LogP contribution in [0.4, 0.5) is 5.69 Å². The molecule has 0 saturated carbocycles. The first-order valence-electron chi connectivity index (χ1n) is 10.2. The number of carbonyl (C=O) groups is 1. The number of hydrogen-bond donors (Lipinski definition) is 1. The molecule has 32 heavy (non-hydrogen) atoms. The number of rotatable bonds is 5. The fourth-order valence-corrected chi connectivity index (χ4v) is 4.87. The first-order valence-corrected chi connectivity index (χ1v) is 12.4. The molecule has 1 amide bonds. The van der Waals surface area contributed by atoms with Gasteiger partial charge in [-0.2, -0.15) is 0 Å². The van der Waals surface area contributed by atoms with Gasteiger partial charge < -0.3 is 10.1 Å². The summed E-state index contributed by atoms with van der Waals surface area (Å²) < 4.78 is 32.0. The summed E-state index contributed by atoms with van der Waals surface area (Å²) >= 11 is 6.09. The number of anilines is 1. The summed E-state index contributed by atoms with van der Waals surface area (Å²) in [5.41, 5.74) is 2.20. The van der Waals surface area contributed by atoms with Crippen LogP contribution in [0.2, 0.25) is 5.02 Å². The standard InChI is InChI=1S/C24H23ClN2O4S/c1-32(29,30)27-15-14-22(31-21-13-12-19(25)16-20(21)27)24(28)26-23(17-8-4-2-5-9-17)18-10-6-3-7-11-18/h2-13,16,22-23H,14-15H2,1H3,(H,26,28)/t22-/m0/s1. The highest BCUT2D eigenvalue weighted by Gasteiger charge is 2.32. The van der Waals surface area contributed by atoms with Gasteiger partial charge in [0.05, 0.1) is 18.0 Å². The zero-order chi connectivity index (χ0) is 22.7. The Morgan fingerprint density at radius 2 is 1.62 bits per heavy atom. The van der Waals surface area contributed by atoms with E-state index in [-0.39, 0.29) is 24.9 Å². The molecule has 3 aromatic rings. The number of halogens is 1. The Morgan fingerprint density at radius 1 is 1.03 bits per heavy atom. The Hall–Kier alpha value is -3.03. The molecular formula is C24H23ClN2O4S. The fraction of sp³-hybridized carbons (Fsp3) is 0.208. The van der Waals surface area contributed by atoms with E-state index >= 15 is 0 Å². The van der Waals surface area contributed by atoms with Crippen LogP contribution in [0.15, 0.2) is 78.9 Å². The maximum atomic E-state index is 13.3. The van der Waals surface area contributed by atoms with Crippen molar-refractivity contribution in [3.8, 4) is 5.75 Å². The molecule has 1 aliphatic heterocycles. The monoisotopic (exact) mass is 470 g/mol. The zero-order valence-electron chi connectivity index (χ0n) is 17.4. The molecule has 0 spiro atoms. The van der Waals surface area contributed by atoms with Crippen LogP contribution in [0.5, 0.6) is 5.75 Å². The highest BCUT2D eigenvalue weighted by molar-refractivity contribution is 7.92. The van der Waals surface area contributed by atoms with Gasteiger partial charge in [0.2, 0.25) is 10.0 Å². The third kappa shape index (κ3) is 4.89. The van der Waals surface area contributed by atoms with E-state index in [2.05, 4.69) is 5.32 Å². The van der Waals surface area contributed by atoms with Crippen LogP contribution in [0.3, 0.4) is 0 Å². The predicted octanol–water partition coefficient (Wildman–Crippen LogP) is 4.16. The van der Waals surface area contributed by atoms with Gasteiger partial charge in [-0.15, -0.1) is 0 Å². The van der Waals surface area contributed by atoms with E-state index in [9.17, 15) is 13.2 Å². The van der Waals surface area contributed by atoms with Crippen molar-refractivity contribution < 1.29 is 17.9 Å². The van der Waals surface area contributed by atoms with Crippen LogP contribution in [-0.2, 0) is 14.8 Å². The Balaban J connectivity index is 1.63. The van der Waals surface area contributed by atoms with Crippen molar-refractivity contribution in [2.75, 3.05) is 17.1 Å². The third-order valence-corrected chi connectivity index (χ3v) is 6.71. The van der Waals surface area contributed by atoms with Crippen LogP contribution < -0.4 is 14.4 Å². The molecule has 4 rings (SSSR count). The molecule has 1 heterocycles. The fourth-order valence-electron chi connectivity index (χ4n) is 3.77. The second-order valence-corrected chi connectivity index (χ2v) is 9.95. The smallest absolute Gasteiger partial charge is 0.261 e. The average Bonchev–Trinajstić information content (AvgIpc) is 2.98.